The summed E-state index contributed by atoms with van der Waals surface area (Å²) in [5, 5.41) is 3.10. The molecule has 0 radical (unpaired) electrons. The van der Waals surface area contributed by atoms with Crippen LogP contribution in [0.5, 0.6) is 5.88 Å². The summed E-state index contributed by atoms with van der Waals surface area (Å²) in [7, 11) is 1.87. The third-order valence-corrected chi connectivity index (χ3v) is 3.08. The smallest absolute Gasteiger partial charge is 0.222 e. The number of anilines is 1. The standard InChI is InChI=1S/C16H21N3O/c1-4-8-14-18-15(17-3)12(2)16(19-14)20-11-13-9-6-5-7-10-13/h5-7,9-10H,4,8,11H2,1-3H3,(H,17,18,19). The number of hydrogen-bond donors (Lipinski definition) is 1. The second-order valence-corrected chi connectivity index (χ2v) is 4.69. The third kappa shape index (κ3) is 3.47. The van der Waals surface area contributed by atoms with E-state index >= 15 is 0 Å². The molecule has 0 saturated carbocycles. The summed E-state index contributed by atoms with van der Waals surface area (Å²) < 4.78 is 5.86. The van der Waals surface area contributed by atoms with Crippen LogP contribution in [0.15, 0.2) is 30.3 Å². The van der Waals surface area contributed by atoms with Crippen molar-refractivity contribution >= 4 is 5.82 Å². The minimum Gasteiger partial charge on any atom is -0.472 e. The first-order valence-electron chi connectivity index (χ1n) is 6.96. The Hall–Kier alpha value is -2.10. The van der Waals surface area contributed by atoms with Gasteiger partial charge in [0.25, 0.3) is 0 Å². The third-order valence-electron chi connectivity index (χ3n) is 3.08. The summed E-state index contributed by atoms with van der Waals surface area (Å²) >= 11 is 0. The lowest BCUT2D eigenvalue weighted by molar-refractivity contribution is 0.290. The lowest BCUT2D eigenvalue weighted by Crippen LogP contribution is -2.07. The lowest BCUT2D eigenvalue weighted by atomic mass is 10.2. The van der Waals surface area contributed by atoms with Gasteiger partial charge >= 0.3 is 0 Å². The van der Waals surface area contributed by atoms with Gasteiger partial charge in [-0.1, -0.05) is 37.3 Å². The van der Waals surface area contributed by atoms with Crippen molar-refractivity contribution in [2.24, 2.45) is 0 Å². The van der Waals surface area contributed by atoms with Crippen molar-refractivity contribution in [2.75, 3.05) is 12.4 Å². The van der Waals surface area contributed by atoms with Gasteiger partial charge in [-0.2, -0.15) is 4.98 Å². The van der Waals surface area contributed by atoms with E-state index in [-0.39, 0.29) is 0 Å². The number of aromatic nitrogens is 2. The van der Waals surface area contributed by atoms with Crippen molar-refractivity contribution in [2.45, 2.75) is 33.3 Å². The topological polar surface area (TPSA) is 47.0 Å². The fourth-order valence-electron chi connectivity index (χ4n) is 1.99. The molecule has 1 aromatic carbocycles. The molecule has 20 heavy (non-hydrogen) atoms. The van der Waals surface area contributed by atoms with Crippen molar-refractivity contribution < 1.29 is 4.74 Å². The molecule has 2 aromatic rings. The zero-order valence-corrected chi connectivity index (χ0v) is 12.3. The number of rotatable bonds is 6. The molecule has 4 nitrogen and oxygen atoms in total. The average molecular weight is 271 g/mol. The highest BCUT2D eigenvalue weighted by Gasteiger charge is 2.11. The van der Waals surface area contributed by atoms with Gasteiger partial charge in [-0.3, -0.25) is 0 Å². The summed E-state index contributed by atoms with van der Waals surface area (Å²) in [6, 6.07) is 10.1. The van der Waals surface area contributed by atoms with Gasteiger partial charge in [-0.15, -0.1) is 0 Å². The fourth-order valence-corrected chi connectivity index (χ4v) is 1.99. The molecule has 0 bridgehead atoms. The summed E-state index contributed by atoms with van der Waals surface area (Å²) in [5.74, 6) is 2.33. The van der Waals surface area contributed by atoms with Crippen LogP contribution in [0.3, 0.4) is 0 Å². The largest absolute Gasteiger partial charge is 0.472 e. The first kappa shape index (κ1) is 14.3. The number of nitrogens with one attached hydrogen (secondary N) is 1. The minimum absolute atomic E-state index is 0.521. The molecular formula is C16H21N3O. The van der Waals surface area contributed by atoms with Gasteiger partial charge in [-0.25, -0.2) is 4.98 Å². The van der Waals surface area contributed by atoms with E-state index in [1.54, 1.807) is 0 Å². The SMILES string of the molecule is CCCc1nc(NC)c(C)c(OCc2ccccc2)n1. The molecule has 1 aromatic heterocycles. The molecule has 0 atom stereocenters. The van der Waals surface area contributed by atoms with Gasteiger partial charge in [-0.05, 0) is 18.9 Å². The van der Waals surface area contributed by atoms with Crippen LogP contribution in [-0.2, 0) is 13.0 Å². The molecule has 0 aliphatic carbocycles. The summed E-state index contributed by atoms with van der Waals surface area (Å²) in [5.41, 5.74) is 2.08. The van der Waals surface area contributed by atoms with Gasteiger partial charge in [0.15, 0.2) is 0 Å². The Labute approximate surface area is 120 Å². The highest BCUT2D eigenvalue weighted by Crippen LogP contribution is 2.23. The Bertz CT molecular complexity index is 555. The molecule has 0 aliphatic rings. The zero-order chi connectivity index (χ0) is 14.4. The van der Waals surface area contributed by atoms with Crippen LogP contribution in [0.1, 0.15) is 30.3 Å². The molecule has 0 spiro atoms. The van der Waals surface area contributed by atoms with Crippen molar-refractivity contribution in [3.05, 3.63) is 47.3 Å². The van der Waals surface area contributed by atoms with Crippen LogP contribution in [-0.4, -0.2) is 17.0 Å². The second kappa shape index (κ2) is 6.89. The average Bonchev–Trinajstić information content (AvgIpc) is 2.48. The number of benzene rings is 1. The van der Waals surface area contributed by atoms with E-state index in [2.05, 4.69) is 22.2 Å². The van der Waals surface area contributed by atoms with Gasteiger partial charge in [0.1, 0.15) is 18.2 Å². The van der Waals surface area contributed by atoms with Gasteiger partial charge in [0.2, 0.25) is 5.88 Å². The minimum atomic E-state index is 0.521. The molecule has 2 rings (SSSR count). The number of hydrogen-bond acceptors (Lipinski definition) is 4. The lowest BCUT2D eigenvalue weighted by Gasteiger charge is -2.13. The molecule has 0 aliphatic heterocycles. The summed E-state index contributed by atoms with van der Waals surface area (Å²) in [6.45, 7) is 4.61. The van der Waals surface area contributed by atoms with Crippen LogP contribution in [0.25, 0.3) is 0 Å². The Morgan fingerprint density at radius 2 is 1.90 bits per heavy atom. The maximum absolute atomic E-state index is 5.86. The number of nitrogens with zero attached hydrogens (tertiary/aromatic N) is 2. The first-order chi connectivity index (χ1) is 9.74. The van der Waals surface area contributed by atoms with E-state index in [0.29, 0.717) is 12.5 Å². The maximum atomic E-state index is 5.86. The van der Waals surface area contributed by atoms with Gasteiger partial charge < -0.3 is 10.1 Å². The molecule has 1 N–H and O–H groups in total. The van der Waals surface area contributed by atoms with Crippen LogP contribution in [0.4, 0.5) is 5.82 Å². The van der Waals surface area contributed by atoms with Crippen LogP contribution in [0.2, 0.25) is 0 Å². The van der Waals surface area contributed by atoms with E-state index in [0.717, 1.165) is 35.6 Å². The monoisotopic (exact) mass is 271 g/mol. The molecule has 106 valence electrons. The fraction of sp³-hybridized carbons (Fsp3) is 0.375. The quantitative estimate of drug-likeness (QED) is 0.875. The Balaban J connectivity index is 2.19. The van der Waals surface area contributed by atoms with Crippen LogP contribution in [0, 0.1) is 6.92 Å². The van der Waals surface area contributed by atoms with Crippen LogP contribution < -0.4 is 10.1 Å². The van der Waals surface area contributed by atoms with E-state index < -0.39 is 0 Å². The molecule has 0 amide bonds. The zero-order valence-electron chi connectivity index (χ0n) is 12.3. The summed E-state index contributed by atoms with van der Waals surface area (Å²) in [6.07, 6.45) is 1.88. The van der Waals surface area contributed by atoms with Crippen molar-refractivity contribution in [1.82, 2.24) is 9.97 Å². The van der Waals surface area contributed by atoms with Crippen molar-refractivity contribution in [3.63, 3.8) is 0 Å². The molecule has 1 heterocycles. The number of aryl methyl sites for hydroxylation is 1. The summed E-state index contributed by atoms with van der Waals surface area (Å²) in [4.78, 5) is 9.01. The number of ether oxygens (including phenoxy) is 1. The predicted octanol–water partition coefficient (Wildman–Crippen LogP) is 3.36. The van der Waals surface area contributed by atoms with E-state index in [9.17, 15) is 0 Å². The van der Waals surface area contributed by atoms with Crippen molar-refractivity contribution in [3.8, 4) is 5.88 Å². The Morgan fingerprint density at radius 3 is 2.55 bits per heavy atom. The molecule has 0 saturated heterocycles. The van der Waals surface area contributed by atoms with E-state index in [1.165, 1.54) is 0 Å². The molecular weight excluding hydrogens is 250 g/mol. The molecule has 4 heteroatoms. The van der Waals surface area contributed by atoms with Gasteiger partial charge in [0, 0.05) is 13.5 Å². The maximum Gasteiger partial charge on any atom is 0.222 e. The highest BCUT2D eigenvalue weighted by molar-refractivity contribution is 5.48. The van der Waals surface area contributed by atoms with Crippen LogP contribution >= 0.6 is 0 Å². The van der Waals surface area contributed by atoms with Crippen molar-refractivity contribution in [1.29, 1.82) is 0 Å². The molecule has 0 fully saturated rings. The van der Waals surface area contributed by atoms with E-state index in [4.69, 9.17) is 4.74 Å². The highest BCUT2D eigenvalue weighted by atomic mass is 16.5. The first-order valence-corrected chi connectivity index (χ1v) is 6.96. The Morgan fingerprint density at radius 1 is 1.15 bits per heavy atom. The predicted molar refractivity (Wildman–Crippen MR) is 81.1 cm³/mol. The van der Waals surface area contributed by atoms with Gasteiger partial charge in [0.05, 0.1) is 5.56 Å². The normalized spacial score (nSPS) is 10.3. The van der Waals surface area contributed by atoms with E-state index in [1.807, 2.05) is 44.3 Å². The molecule has 0 unspecified atom stereocenters. The second-order valence-electron chi connectivity index (χ2n) is 4.69. The Kier molecular flexibility index (Phi) is 4.93.